The van der Waals surface area contributed by atoms with E-state index in [1.807, 2.05) is 0 Å². The fourth-order valence-electron chi connectivity index (χ4n) is 2.77. The van der Waals surface area contributed by atoms with Gasteiger partial charge in [0.05, 0.1) is 17.5 Å². The highest BCUT2D eigenvalue weighted by molar-refractivity contribution is 5.88. The van der Waals surface area contributed by atoms with Crippen molar-refractivity contribution in [1.82, 2.24) is 19.6 Å². The average Bonchev–Trinajstić information content (AvgIpc) is 3.12. The number of aromatic nitrogens is 4. The molecule has 0 saturated carbocycles. The minimum atomic E-state index is -4.51. The number of hydrogen-bond acceptors (Lipinski definition) is 5. The SMILES string of the molecule is CC(=O)Nc1ccc(Oc2ccc3ncc(-c4cncc(C(F)(F)F)c4)n3n2)cc1. The molecule has 1 N–H and O–H groups in total. The number of nitrogens with zero attached hydrogens (tertiary/aromatic N) is 4. The van der Waals surface area contributed by atoms with E-state index in [9.17, 15) is 18.0 Å². The van der Waals surface area contributed by atoms with Gasteiger partial charge in [-0.2, -0.15) is 13.2 Å². The van der Waals surface area contributed by atoms with Gasteiger partial charge < -0.3 is 10.1 Å². The molecule has 0 bridgehead atoms. The van der Waals surface area contributed by atoms with Gasteiger partial charge in [0.15, 0.2) is 5.65 Å². The normalized spacial score (nSPS) is 11.5. The molecule has 0 aliphatic rings. The zero-order valence-electron chi connectivity index (χ0n) is 15.5. The lowest BCUT2D eigenvalue weighted by Crippen LogP contribution is -2.06. The Morgan fingerprint density at radius 3 is 2.53 bits per heavy atom. The van der Waals surface area contributed by atoms with E-state index in [1.165, 1.54) is 23.8 Å². The van der Waals surface area contributed by atoms with Gasteiger partial charge >= 0.3 is 6.18 Å². The lowest BCUT2D eigenvalue weighted by Gasteiger charge is -2.09. The third-order valence-corrected chi connectivity index (χ3v) is 4.10. The number of rotatable bonds is 4. The van der Waals surface area contributed by atoms with E-state index in [0.29, 0.717) is 22.8 Å². The Balaban J connectivity index is 1.64. The third-order valence-electron chi connectivity index (χ3n) is 4.10. The Morgan fingerprint density at radius 2 is 1.83 bits per heavy atom. The van der Waals surface area contributed by atoms with Crippen LogP contribution in [0.3, 0.4) is 0 Å². The van der Waals surface area contributed by atoms with Gasteiger partial charge in [-0.3, -0.25) is 9.78 Å². The number of fused-ring (bicyclic) bond motifs is 1. The van der Waals surface area contributed by atoms with Gasteiger partial charge in [0.2, 0.25) is 11.8 Å². The first-order valence-corrected chi connectivity index (χ1v) is 8.72. The van der Waals surface area contributed by atoms with Crippen LogP contribution in [0.5, 0.6) is 11.6 Å². The van der Waals surface area contributed by atoms with Crippen molar-refractivity contribution in [3.05, 3.63) is 66.6 Å². The number of anilines is 1. The minimum absolute atomic E-state index is 0.187. The Labute approximate surface area is 168 Å². The average molecular weight is 413 g/mol. The summed E-state index contributed by atoms with van der Waals surface area (Å²) in [4.78, 5) is 18.9. The number of halogens is 3. The maximum absolute atomic E-state index is 13.0. The van der Waals surface area contributed by atoms with Gasteiger partial charge in [-0.1, -0.05) is 0 Å². The van der Waals surface area contributed by atoms with Crippen LogP contribution in [-0.2, 0) is 11.0 Å². The second-order valence-corrected chi connectivity index (χ2v) is 6.35. The summed E-state index contributed by atoms with van der Waals surface area (Å²) in [5.74, 6) is 0.500. The molecule has 3 heterocycles. The number of amides is 1. The third kappa shape index (κ3) is 4.07. The Hall–Kier alpha value is -3.95. The maximum atomic E-state index is 13.0. The second-order valence-electron chi connectivity index (χ2n) is 6.35. The molecular formula is C20H14F3N5O2. The van der Waals surface area contributed by atoms with Gasteiger partial charge in [-0.15, -0.1) is 5.10 Å². The first-order valence-electron chi connectivity index (χ1n) is 8.72. The molecule has 152 valence electrons. The van der Waals surface area contributed by atoms with E-state index in [-0.39, 0.29) is 17.4 Å². The minimum Gasteiger partial charge on any atom is -0.438 e. The number of alkyl halides is 3. The van der Waals surface area contributed by atoms with Crippen molar-refractivity contribution >= 4 is 17.2 Å². The summed E-state index contributed by atoms with van der Waals surface area (Å²) in [5, 5.41) is 6.97. The molecule has 7 nitrogen and oxygen atoms in total. The van der Waals surface area contributed by atoms with Crippen LogP contribution in [0.4, 0.5) is 18.9 Å². The summed E-state index contributed by atoms with van der Waals surface area (Å²) >= 11 is 0. The highest BCUT2D eigenvalue weighted by atomic mass is 19.4. The van der Waals surface area contributed by atoms with Crippen LogP contribution in [0.1, 0.15) is 12.5 Å². The summed E-state index contributed by atoms with van der Waals surface area (Å²) in [5.41, 5.74) is 0.765. The number of carbonyl (C=O) groups is 1. The predicted octanol–water partition coefficient (Wildman–Crippen LogP) is 4.56. The summed E-state index contributed by atoms with van der Waals surface area (Å²) in [6, 6.07) is 10.9. The Morgan fingerprint density at radius 1 is 1.07 bits per heavy atom. The topological polar surface area (TPSA) is 81.4 Å². The number of ether oxygens (including phenoxy) is 1. The fourth-order valence-corrected chi connectivity index (χ4v) is 2.77. The standard InChI is InChI=1S/C20H14F3N5O2/c1-12(29)26-15-2-4-16(5-3-15)30-19-7-6-18-25-11-17(28(18)27-19)13-8-14(10-24-9-13)20(21,22)23/h2-11H,1H3,(H,26,29). The molecule has 3 aromatic heterocycles. The van der Waals surface area contributed by atoms with Crippen LogP contribution >= 0.6 is 0 Å². The van der Waals surface area contributed by atoms with Crippen molar-refractivity contribution in [2.75, 3.05) is 5.32 Å². The van der Waals surface area contributed by atoms with Crippen LogP contribution in [-0.4, -0.2) is 25.5 Å². The van der Waals surface area contributed by atoms with Crippen molar-refractivity contribution in [3.8, 4) is 22.9 Å². The van der Waals surface area contributed by atoms with Gasteiger partial charge in [0.1, 0.15) is 5.75 Å². The van der Waals surface area contributed by atoms with Gasteiger partial charge in [0, 0.05) is 36.6 Å². The molecule has 1 aromatic carbocycles. The molecule has 0 atom stereocenters. The molecule has 1 amide bonds. The zero-order chi connectivity index (χ0) is 21.3. The molecule has 0 fully saturated rings. The number of benzene rings is 1. The second kappa shape index (κ2) is 7.47. The van der Waals surface area contributed by atoms with E-state index in [1.54, 1.807) is 36.4 Å². The molecule has 0 radical (unpaired) electrons. The first-order chi connectivity index (χ1) is 14.3. The molecule has 10 heteroatoms. The molecule has 0 saturated heterocycles. The monoisotopic (exact) mass is 413 g/mol. The van der Waals surface area contributed by atoms with Crippen LogP contribution in [0, 0.1) is 0 Å². The number of pyridine rings is 1. The predicted molar refractivity (Wildman–Crippen MR) is 102 cm³/mol. The van der Waals surface area contributed by atoms with Gasteiger partial charge in [-0.05, 0) is 36.4 Å². The smallest absolute Gasteiger partial charge is 0.417 e. The van der Waals surface area contributed by atoms with Crippen molar-refractivity contribution in [1.29, 1.82) is 0 Å². The van der Waals surface area contributed by atoms with E-state index in [4.69, 9.17) is 4.74 Å². The van der Waals surface area contributed by atoms with Gasteiger partial charge in [-0.25, -0.2) is 9.50 Å². The Bertz CT molecular complexity index is 1220. The molecule has 0 spiro atoms. The van der Waals surface area contributed by atoms with Crippen molar-refractivity contribution in [2.24, 2.45) is 0 Å². The molecule has 4 rings (SSSR count). The molecule has 0 aliphatic heterocycles. The van der Waals surface area contributed by atoms with Crippen LogP contribution in [0.15, 0.2) is 61.1 Å². The lowest BCUT2D eigenvalue weighted by atomic mass is 10.1. The van der Waals surface area contributed by atoms with Crippen molar-refractivity contribution in [2.45, 2.75) is 13.1 Å². The largest absolute Gasteiger partial charge is 0.438 e. The lowest BCUT2D eigenvalue weighted by molar-refractivity contribution is -0.137. The van der Waals surface area contributed by atoms with Crippen molar-refractivity contribution < 1.29 is 22.7 Å². The number of nitrogens with one attached hydrogen (secondary N) is 1. The summed E-state index contributed by atoms with van der Waals surface area (Å²) in [7, 11) is 0. The molecule has 30 heavy (non-hydrogen) atoms. The summed E-state index contributed by atoms with van der Waals surface area (Å²) < 4.78 is 46.1. The number of hydrogen-bond donors (Lipinski definition) is 1. The Kier molecular flexibility index (Phi) is 4.82. The number of carbonyl (C=O) groups excluding carboxylic acids is 1. The summed E-state index contributed by atoms with van der Waals surface area (Å²) in [6.45, 7) is 1.41. The first kappa shape index (κ1) is 19.4. The van der Waals surface area contributed by atoms with Crippen molar-refractivity contribution in [3.63, 3.8) is 0 Å². The zero-order valence-corrected chi connectivity index (χ0v) is 15.5. The van der Waals surface area contributed by atoms with Crippen LogP contribution in [0.2, 0.25) is 0 Å². The molecular weight excluding hydrogens is 399 g/mol. The van der Waals surface area contributed by atoms with Gasteiger partial charge in [0.25, 0.3) is 0 Å². The summed E-state index contributed by atoms with van der Waals surface area (Å²) in [6.07, 6.45) is -1.01. The molecule has 0 unspecified atom stereocenters. The number of imidazole rings is 1. The molecule has 0 aliphatic carbocycles. The highest BCUT2D eigenvalue weighted by Gasteiger charge is 2.31. The maximum Gasteiger partial charge on any atom is 0.417 e. The van der Waals surface area contributed by atoms with E-state index in [2.05, 4.69) is 20.4 Å². The van der Waals surface area contributed by atoms with Crippen LogP contribution < -0.4 is 10.1 Å². The van der Waals surface area contributed by atoms with E-state index < -0.39 is 11.7 Å². The fraction of sp³-hybridized carbons (Fsp3) is 0.100. The van der Waals surface area contributed by atoms with Crippen LogP contribution in [0.25, 0.3) is 16.9 Å². The van der Waals surface area contributed by atoms with E-state index >= 15 is 0 Å². The highest BCUT2D eigenvalue weighted by Crippen LogP contribution is 2.31. The van der Waals surface area contributed by atoms with E-state index in [0.717, 1.165) is 12.3 Å². The molecule has 4 aromatic rings. The quantitative estimate of drug-likeness (QED) is 0.530.